The zero-order valence-corrected chi connectivity index (χ0v) is 28.3. The number of carbonyl (C=O) groups excluding carboxylic acids is 3. The number of esters is 1. The van der Waals surface area contributed by atoms with Gasteiger partial charge in [-0.3, -0.25) is 19.4 Å². The zero-order chi connectivity index (χ0) is 33.5. The van der Waals surface area contributed by atoms with E-state index in [4.69, 9.17) is 15.3 Å². The van der Waals surface area contributed by atoms with E-state index < -0.39 is 29.4 Å². The van der Waals surface area contributed by atoms with Gasteiger partial charge in [0.05, 0.1) is 0 Å². The van der Waals surface area contributed by atoms with Gasteiger partial charge in [0, 0.05) is 35.8 Å². The molecule has 11 nitrogen and oxygen atoms in total. The Hall–Kier alpha value is -4.66. The zero-order valence-electron chi connectivity index (χ0n) is 25.8. The number of amides is 2. The number of nitrogens with one attached hydrogen (secondary N) is 1. The number of oxime groups is 1. The molecule has 4 aromatic rings. The fraction of sp³-hybridized carbons (Fsp3) is 0.235. The first-order valence-corrected chi connectivity index (χ1v) is 17.9. The Morgan fingerprint density at radius 1 is 1.15 bits per heavy atom. The molecule has 2 aliphatic heterocycles. The Bertz CT molecular complexity index is 1770. The maximum atomic E-state index is 14.4. The molecule has 2 fully saturated rings. The lowest BCUT2D eigenvalue weighted by molar-refractivity contribution is -0.164. The molecule has 2 saturated heterocycles. The Labute approximate surface area is 290 Å². The summed E-state index contributed by atoms with van der Waals surface area (Å²) < 4.78 is 6.37. The molecule has 0 saturated carbocycles. The van der Waals surface area contributed by atoms with Crippen molar-refractivity contribution in [1.82, 2.24) is 20.2 Å². The van der Waals surface area contributed by atoms with Crippen LogP contribution >= 0.6 is 34.9 Å². The van der Waals surface area contributed by atoms with Crippen molar-refractivity contribution in [2.75, 3.05) is 30.9 Å². The fourth-order valence-electron chi connectivity index (χ4n) is 5.42. The van der Waals surface area contributed by atoms with E-state index in [1.54, 1.807) is 22.7 Å². The molecule has 14 heteroatoms. The van der Waals surface area contributed by atoms with Crippen molar-refractivity contribution in [2.45, 2.75) is 17.5 Å². The van der Waals surface area contributed by atoms with Gasteiger partial charge in [0.15, 0.2) is 16.9 Å². The number of thiazole rings is 1. The minimum atomic E-state index is -1.03. The van der Waals surface area contributed by atoms with Crippen molar-refractivity contribution in [2.24, 2.45) is 10.6 Å². The van der Waals surface area contributed by atoms with Crippen molar-refractivity contribution < 1.29 is 24.0 Å². The second kappa shape index (κ2) is 15.0. The number of nitrogen functional groups attached to an aromatic ring is 1. The van der Waals surface area contributed by atoms with Gasteiger partial charge in [-0.2, -0.15) is 0 Å². The van der Waals surface area contributed by atoms with E-state index >= 15 is 0 Å². The number of anilines is 1. The fourth-order valence-corrected chi connectivity index (χ4v) is 8.62. The van der Waals surface area contributed by atoms with Gasteiger partial charge >= 0.3 is 5.97 Å². The maximum Gasteiger partial charge on any atom is 0.316 e. The van der Waals surface area contributed by atoms with E-state index in [2.05, 4.69) is 20.4 Å². The first kappa shape index (κ1) is 33.2. The molecular weight excluding hydrogens is 669 g/mol. The summed E-state index contributed by atoms with van der Waals surface area (Å²) in [6, 6.07) is 22.2. The molecule has 0 spiro atoms. The Morgan fingerprint density at radius 2 is 1.88 bits per heavy atom. The molecule has 0 radical (unpaired) electrons. The van der Waals surface area contributed by atoms with E-state index in [-0.39, 0.29) is 34.4 Å². The third kappa shape index (κ3) is 7.25. The van der Waals surface area contributed by atoms with E-state index in [0.717, 1.165) is 28.0 Å². The number of fused-ring (bicyclic) bond motifs is 1. The summed E-state index contributed by atoms with van der Waals surface area (Å²) >= 11 is 4.07. The van der Waals surface area contributed by atoms with Crippen LogP contribution in [0.1, 0.15) is 28.5 Å². The molecular formula is C34H32N6O5S3. The van der Waals surface area contributed by atoms with Crippen LogP contribution in [-0.2, 0) is 24.0 Å². The average molecular weight is 701 g/mol. The minimum absolute atomic E-state index is 0.0832. The van der Waals surface area contributed by atoms with Crippen LogP contribution in [0.2, 0.25) is 0 Å². The van der Waals surface area contributed by atoms with Crippen LogP contribution in [0.25, 0.3) is 6.08 Å². The van der Waals surface area contributed by atoms with Crippen LogP contribution in [0.15, 0.2) is 101 Å². The SMILES string of the molecule is CON=C(C(=O)NC1C(=O)N2CC(CSC=Cc3cccnc3)(C(=O)OC(c3ccccc3)c3ccccc3)CS[C@H]12)c1csc(N)n1. The number of carbonyl (C=O) groups is 3. The van der Waals surface area contributed by atoms with Gasteiger partial charge in [-0.05, 0) is 34.2 Å². The number of hydrogen-bond donors (Lipinski definition) is 2. The molecule has 4 heterocycles. The van der Waals surface area contributed by atoms with Gasteiger partial charge in [-0.15, -0.1) is 34.9 Å². The quantitative estimate of drug-likeness (QED) is 0.0930. The summed E-state index contributed by atoms with van der Waals surface area (Å²) in [6.45, 7) is 0.139. The van der Waals surface area contributed by atoms with Crippen LogP contribution in [0.5, 0.6) is 0 Å². The van der Waals surface area contributed by atoms with Crippen LogP contribution in [0.3, 0.4) is 0 Å². The van der Waals surface area contributed by atoms with Gasteiger partial charge in [-0.1, -0.05) is 71.9 Å². The molecule has 2 aromatic carbocycles. The number of β-lactam (4-membered cyclic amide) rings is 1. The minimum Gasteiger partial charge on any atom is -0.452 e. The predicted octanol–water partition coefficient (Wildman–Crippen LogP) is 4.59. The van der Waals surface area contributed by atoms with Crippen LogP contribution in [0.4, 0.5) is 5.13 Å². The molecule has 2 aromatic heterocycles. The molecule has 3 N–H and O–H groups in total. The Balaban J connectivity index is 1.22. The van der Waals surface area contributed by atoms with Gasteiger partial charge < -0.3 is 25.5 Å². The average Bonchev–Trinajstić information content (AvgIpc) is 3.56. The summed E-state index contributed by atoms with van der Waals surface area (Å²) in [5.41, 5.74) is 7.51. The van der Waals surface area contributed by atoms with E-state index in [0.29, 0.717) is 11.5 Å². The number of pyridine rings is 1. The second-order valence-electron chi connectivity index (χ2n) is 11.1. The summed E-state index contributed by atoms with van der Waals surface area (Å²) in [5, 5.41) is 10.0. The molecule has 2 unspecified atom stereocenters. The van der Waals surface area contributed by atoms with Gasteiger partial charge in [0.25, 0.3) is 5.91 Å². The Kier molecular flexibility index (Phi) is 10.4. The third-order valence-electron chi connectivity index (χ3n) is 7.86. The van der Waals surface area contributed by atoms with Gasteiger partial charge in [0.2, 0.25) is 5.91 Å². The largest absolute Gasteiger partial charge is 0.452 e. The molecule has 246 valence electrons. The van der Waals surface area contributed by atoms with Crippen molar-refractivity contribution in [1.29, 1.82) is 0 Å². The monoisotopic (exact) mass is 700 g/mol. The summed E-state index contributed by atoms with van der Waals surface area (Å²) in [4.78, 5) is 55.9. The van der Waals surface area contributed by atoms with E-state index in [9.17, 15) is 14.4 Å². The molecule has 0 bridgehead atoms. The number of hydrogen-bond acceptors (Lipinski definition) is 12. The van der Waals surface area contributed by atoms with Crippen molar-refractivity contribution in [3.8, 4) is 0 Å². The molecule has 2 aliphatic rings. The summed E-state index contributed by atoms with van der Waals surface area (Å²) in [6.07, 6.45) is 4.77. The number of ether oxygens (including phenoxy) is 1. The lowest BCUT2D eigenvalue weighted by Crippen LogP contribution is -2.74. The second-order valence-corrected chi connectivity index (χ2v) is 14.0. The maximum absolute atomic E-state index is 14.4. The van der Waals surface area contributed by atoms with Gasteiger partial charge in [-0.25, -0.2) is 4.98 Å². The van der Waals surface area contributed by atoms with Crippen molar-refractivity contribution in [3.05, 3.63) is 118 Å². The lowest BCUT2D eigenvalue weighted by Gasteiger charge is -2.54. The number of nitrogens with zero attached hydrogens (tertiary/aromatic N) is 4. The van der Waals surface area contributed by atoms with E-state index in [1.807, 2.05) is 84.3 Å². The molecule has 48 heavy (non-hydrogen) atoms. The summed E-state index contributed by atoms with van der Waals surface area (Å²) in [5.74, 6) is -0.565. The first-order chi connectivity index (χ1) is 23.4. The van der Waals surface area contributed by atoms with Crippen LogP contribution in [-0.4, -0.2) is 74.9 Å². The highest BCUT2D eigenvalue weighted by molar-refractivity contribution is 8.02. The van der Waals surface area contributed by atoms with Gasteiger partial charge in [0.1, 0.15) is 29.6 Å². The number of thioether (sulfide) groups is 2. The lowest BCUT2D eigenvalue weighted by atomic mass is 9.88. The summed E-state index contributed by atoms with van der Waals surface area (Å²) in [7, 11) is 1.32. The molecule has 6 rings (SSSR count). The highest BCUT2D eigenvalue weighted by atomic mass is 32.2. The topological polar surface area (TPSA) is 149 Å². The van der Waals surface area contributed by atoms with Crippen LogP contribution in [0, 0.1) is 5.41 Å². The highest BCUT2D eigenvalue weighted by Gasteiger charge is 2.58. The highest BCUT2D eigenvalue weighted by Crippen LogP contribution is 2.45. The van der Waals surface area contributed by atoms with Crippen LogP contribution < -0.4 is 11.1 Å². The number of benzene rings is 2. The molecule has 0 aliphatic carbocycles. The smallest absolute Gasteiger partial charge is 0.316 e. The normalized spacial score (nSPS) is 20.7. The number of aromatic nitrogens is 2. The van der Waals surface area contributed by atoms with E-state index in [1.165, 1.54) is 30.6 Å². The standard InChI is InChI=1S/C34H32N6O5S3/c1-44-39-26(25-18-47-33(35)37-25)29(41)38-27-30(42)40-19-34(21-48-31(27)40,20-46-16-14-22-9-8-15-36-17-22)32(43)45-28(23-10-4-2-5-11-23)24-12-6-3-7-13-24/h2-18,27-28,31H,19-21H2,1H3,(H2,35,37)(H,38,41)/t27?,31-,34?/m1/s1. The Morgan fingerprint density at radius 3 is 2.50 bits per heavy atom. The number of rotatable bonds is 12. The van der Waals surface area contributed by atoms with Crippen molar-refractivity contribution >= 4 is 69.6 Å². The molecule has 2 amide bonds. The number of nitrogens with two attached hydrogens (primary N) is 1. The molecule has 3 atom stereocenters. The third-order valence-corrected chi connectivity index (χ3v) is 11.2. The predicted molar refractivity (Wildman–Crippen MR) is 189 cm³/mol. The van der Waals surface area contributed by atoms with Crippen molar-refractivity contribution in [3.63, 3.8) is 0 Å². The first-order valence-electron chi connectivity index (χ1n) is 14.9.